The lowest BCUT2D eigenvalue weighted by molar-refractivity contribution is -0.114. The van der Waals surface area contributed by atoms with E-state index in [0.29, 0.717) is 16.4 Å². The zero-order chi connectivity index (χ0) is 15.6. The molecule has 114 valence electrons. The first-order valence-electron chi connectivity index (χ1n) is 7.05. The van der Waals surface area contributed by atoms with Crippen molar-refractivity contribution < 1.29 is 9.59 Å². The standard InChI is InChI=1S/C15H20ClN3O2/c1-9-4-5-10(2)19(9)15(21)18-14-7-6-12(8-13(14)16)17-11(3)20/h6-10H,4-5H2,1-3H3,(H,17,20)(H,18,21)/t9-,10+. The van der Waals surface area contributed by atoms with Crippen LogP contribution in [0.1, 0.15) is 33.6 Å². The van der Waals surface area contributed by atoms with Crippen molar-refractivity contribution in [3.63, 3.8) is 0 Å². The first-order chi connectivity index (χ1) is 9.88. The largest absolute Gasteiger partial charge is 0.326 e. The quantitative estimate of drug-likeness (QED) is 0.875. The lowest BCUT2D eigenvalue weighted by Crippen LogP contribution is -2.41. The van der Waals surface area contributed by atoms with Gasteiger partial charge in [-0.1, -0.05) is 11.6 Å². The lowest BCUT2D eigenvalue weighted by atomic mass is 10.2. The third-order valence-electron chi connectivity index (χ3n) is 3.72. The Morgan fingerprint density at radius 2 is 1.81 bits per heavy atom. The van der Waals surface area contributed by atoms with Crippen molar-refractivity contribution in [2.75, 3.05) is 10.6 Å². The number of hydrogen-bond donors (Lipinski definition) is 2. The molecule has 0 bridgehead atoms. The van der Waals surface area contributed by atoms with E-state index in [1.807, 2.05) is 18.7 Å². The Morgan fingerprint density at radius 3 is 2.33 bits per heavy atom. The monoisotopic (exact) mass is 309 g/mol. The molecule has 1 heterocycles. The Morgan fingerprint density at radius 1 is 1.19 bits per heavy atom. The highest BCUT2D eigenvalue weighted by Gasteiger charge is 2.31. The molecule has 0 unspecified atom stereocenters. The van der Waals surface area contributed by atoms with E-state index >= 15 is 0 Å². The summed E-state index contributed by atoms with van der Waals surface area (Å²) in [4.78, 5) is 25.2. The molecule has 1 aromatic carbocycles. The molecule has 2 atom stereocenters. The maximum absolute atomic E-state index is 12.3. The summed E-state index contributed by atoms with van der Waals surface area (Å²) in [5, 5.41) is 5.88. The molecule has 2 rings (SSSR count). The van der Waals surface area contributed by atoms with Crippen LogP contribution >= 0.6 is 11.6 Å². The number of nitrogens with zero attached hydrogens (tertiary/aromatic N) is 1. The summed E-state index contributed by atoms with van der Waals surface area (Å²) in [6, 6.07) is 5.35. The van der Waals surface area contributed by atoms with E-state index in [4.69, 9.17) is 11.6 Å². The number of urea groups is 1. The Kier molecular flexibility index (Phi) is 4.73. The normalized spacial score (nSPS) is 21.2. The second-order valence-electron chi connectivity index (χ2n) is 5.49. The third kappa shape index (κ3) is 3.67. The van der Waals surface area contributed by atoms with Gasteiger partial charge in [-0.2, -0.15) is 0 Å². The van der Waals surface area contributed by atoms with Gasteiger partial charge in [0, 0.05) is 24.7 Å². The minimum absolute atomic E-state index is 0.137. The number of benzene rings is 1. The molecule has 1 saturated heterocycles. The molecule has 0 spiro atoms. The molecule has 1 aliphatic rings. The number of nitrogens with one attached hydrogen (secondary N) is 2. The van der Waals surface area contributed by atoms with Gasteiger partial charge in [0.2, 0.25) is 5.91 Å². The molecule has 5 nitrogen and oxygen atoms in total. The fourth-order valence-corrected chi connectivity index (χ4v) is 2.90. The van der Waals surface area contributed by atoms with Crippen LogP contribution in [0.15, 0.2) is 18.2 Å². The van der Waals surface area contributed by atoms with Crippen molar-refractivity contribution in [3.05, 3.63) is 23.2 Å². The van der Waals surface area contributed by atoms with Gasteiger partial charge in [0.05, 0.1) is 10.7 Å². The highest BCUT2D eigenvalue weighted by atomic mass is 35.5. The molecule has 1 aromatic rings. The van der Waals surface area contributed by atoms with Crippen molar-refractivity contribution in [3.8, 4) is 0 Å². The molecule has 6 heteroatoms. The lowest BCUT2D eigenvalue weighted by Gasteiger charge is -2.26. The summed E-state index contributed by atoms with van der Waals surface area (Å²) >= 11 is 6.15. The number of likely N-dealkylation sites (tertiary alicyclic amines) is 1. The molecule has 1 fully saturated rings. The summed E-state index contributed by atoms with van der Waals surface area (Å²) < 4.78 is 0. The maximum atomic E-state index is 12.3. The van der Waals surface area contributed by atoms with Crippen molar-refractivity contribution in [1.29, 1.82) is 0 Å². The van der Waals surface area contributed by atoms with Gasteiger partial charge in [0.15, 0.2) is 0 Å². The molecule has 2 N–H and O–H groups in total. The van der Waals surface area contributed by atoms with Gasteiger partial charge in [-0.3, -0.25) is 4.79 Å². The molecule has 21 heavy (non-hydrogen) atoms. The van der Waals surface area contributed by atoms with Crippen LogP contribution in [-0.4, -0.2) is 28.9 Å². The van der Waals surface area contributed by atoms with Crippen LogP contribution in [0.4, 0.5) is 16.2 Å². The number of rotatable bonds is 2. The zero-order valence-electron chi connectivity index (χ0n) is 12.4. The number of anilines is 2. The fourth-order valence-electron chi connectivity index (χ4n) is 2.67. The molecule has 0 radical (unpaired) electrons. The second-order valence-corrected chi connectivity index (χ2v) is 5.90. The first-order valence-corrected chi connectivity index (χ1v) is 7.42. The molecule has 3 amide bonds. The fraction of sp³-hybridized carbons (Fsp3) is 0.467. The maximum Gasteiger partial charge on any atom is 0.322 e. The van der Waals surface area contributed by atoms with Gasteiger partial charge in [0.1, 0.15) is 0 Å². The smallest absolute Gasteiger partial charge is 0.322 e. The summed E-state index contributed by atoms with van der Waals surface area (Å²) in [5.74, 6) is -0.164. The first kappa shape index (κ1) is 15.6. The Labute approximate surface area is 129 Å². The molecule has 0 aromatic heterocycles. The Bertz CT molecular complexity index is 552. The highest BCUT2D eigenvalue weighted by Crippen LogP contribution is 2.28. The number of amides is 3. The van der Waals surface area contributed by atoms with E-state index in [-0.39, 0.29) is 24.0 Å². The van der Waals surface area contributed by atoms with Gasteiger partial charge in [-0.25, -0.2) is 4.79 Å². The number of halogens is 1. The van der Waals surface area contributed by atoms with Crippen LogP contribution in [0, 0.1) is 0 Å². The minimum atomic E-state index is -0.164. The van der Waals surface area contributed by atoms with Crippen LogP contribution < -0.4 is 10.6 Å². The third-order valence-corrected chi connectivity index (χ3v) is 4.03. The SMILES string of the molecule is CC(=O)Nc1ccc(NC(=O)N2[C@H](C)CC[C@@H]2C)c(Cl)c1. The van der Waals surface area contributed by atoms with Crippen LogP contribution in [-0.2, 0) is 4.79 Å². The topological polar surface area (TPSA) is 61.4 Å². The van der Waals surface area contributed by atoms with Gasteiger partial charge in [-0.05, 0) is 44.9 Å². The predicted molar refractivity (Wildman–Crippen MR) is 84.8 cm³/mol. The number of hydrogen-bond acceptors (Lipinski definition) is 2. The van der Waals surface area contributed by atoms with E-state index < -0.39 is 0 Å². The van der Waals surface area contributed by atoms with Crippen LogP contribution in [0.2, 0.25) is 5.02 Å². The number of carbonyl (C=O) groups is 2. The molecular weight excluding hydrogens is 290 g/mol. The zero-order valence-corrected chi connectivity index (χ0v) is 13.2. The van der Waals surface area contributed by atoms with Gasteiger partial charge >= 0.3 is 6.03 Å². The highest BCUT2D eigenvalue weighted by molar-refractivity contribution is 6.34. The van der Waals surface area contributed by atoms with Gasteiger partial charge < -0.3 is 15.5 Å². The van der Waals surface area contributed by atoms with E-state index in [1.54, 1.807) is 18.2 Å². The summed E-state index contributed by atoms with van der Waals surface area (Å²) in [6.45, 7) is 5.52. The molecule has 0 aliphatic carbocycles. The number of carbonyl (C=O) groups excluding carboxylic acids is 2. The summed E-state index contributed by atoms with van der Waals surface area (Å²) in [7, 11) is 0. The van der Waals surface area contributed by atoms with E-state index in [2.05, 4.69) is 10.6 Å². The molecule has 0 saturated carbocycles. The van der Waals surface area contributed by atoms with Gasteiger partial charge in [-0.15, -0.1) is 0 Å². The minimum Gasteiger partial charge on any atom is -0.326 e. The van der Waals surface area contributed by atoms with E-state index in [0.717, 1.165) is 12.8 Å². The summed E-state index contributed by atoms with van der Waals surface area (Å²) in [6.07, 6.45) is 2.04. The van der Waals surface area contributed by atoms with Crippen molar-refractivity contribution in [1.82, 2.24) is 4.90 Å². The average Bonchev–Trinajstić information content (AvgIpc) is 2.71. The average molecular weight is 310 g/mol. The summed E-state index contributed by atoms with van der Waals surface area (Å²) in [5.41, 5.74) is 1.15. The Balaban J connectivity index is 2.09. The second kappa shape index (κ2) is 6.35. The van der Waals surface area contributed by atoms with Crippen molar-refractivity contribution >= 4 is 34.9 Å². The molecular formula is C15H20ClN3O2. The Hall–Kier alpha value is -1.75. The van der Waals surface area contributed by atoms with Crippen molar-refractivity contribution in [2.45, 2.75) is 45.7 Å². The van der Waals surface area contributed by atoms with E-state index in [9.17, 15) is 9.59 Å². The van der Waals surface area contributed by atoms with E-state index in [1.165, 1.54) is 6.92 Å². The predicted octanol–water partition coefficient (Wildman–Crippen LogP) is 3.70. The van der Waals surface area contributed by atoms with Crippen LogP contribution in [0.25, 0.3) is 0 Å². The van der Waals surface area contributed by atoms with Crippen molar-refractivity contribution in [2.24, 2.45) is 0 Å². The molecule has 1 aliphatic heterocycles. The van der Waals surface area contributed by atoms with Crippen LogP contribution in [0.3, 0.4) is 0 Å². The van der Waals surface area contributed by atoms with Gasteiger partial charge in [0.25, 0.3) is 0 Å². The van der Waals surface area contributed by atoms with Crippen LogP contribution in [0.5, 0.6) is 0 Å².